The smallest absolute Gasteiger partial charge is 0.741 e. The average Bonchev–Trinajstić information content (AvgIpc) is 3.19. The molecule has 5 aromatic rings. The van der Waals surface area contributed by atoms with Gasteiger partial charge in [0.1, 0.15) is 40.3 Å². The Morgan fingerprint density at radius 3 is 1.47 bits per heavy atom. The number of rotatable bonds is 14. The van der Waals surface area contributed by atoms with Crippen molar-refractivity contribution in [3.8, 4) is 5.75 Å². The molecule has 0 bridgehead atoms. The van der Waals surface area contributed by atoms with Gasteiger partial charge in [-0.15, -0.1) is 10.2 Å². The van der Waals surface area contributed by atoms with Gasteiger partial charge in [-0.2, -0.15) is 10.2 Å². The molecule has 0 atom stereocenters. The Morgan fingerprint density at radius 2 is 1.02 bits per heavy atom. The van der Waals surface area contributed by atoms with Gasteiger partial charge >= 0.3 is 17.1 Å². The van der Waals surface area contributed by atoms with Gasteiger partial charge in [-0.25, -0.2) is 0 Å². The Hall–Kier alpha value is -4.47. The van der Waals surface area contributed by atoms with Crippen LogP contribution < -0.4 is 31.3 Å². The molecule has 0 heterocycles. The number of hydrogen-bond acceptors (Lipinski definition) is 8. The number of nitrogens with one attached hydrogen (secondary N) is 2. The molecule has 12 heteroatoms. The largest absolute Gasteiger partial charge is 2.00 e. The van der Waals surface area contributed by atoms with E-state index in [4.69, 9.17) is 34.7 Å². The summed E-state index contributed by atoms with van der Waals surface area (Å²) in [7, 11) is 1.20. The molecule has 5 aromatic carbocycles. The van der Waals surface area contributed by atoms with Crippen LogP contribution in [0.3, 0.4) is 0 Å². The molecule has 1 radical (unpaired) electrons. The summed E-state index contributed by atoms with van der Waals surface area (Å²) in [5.74, 6) is 0.710. The van der Waals surface area contributed by atoms with Crippen molar-refractivity contribution in [1.82, 2.24) is 10.6 Å². The fourth-order valence-electron chi connectivity index (χ4n) is 5.25. The summed E-state index contributed by atoms with van der Waals surface area (Å²) in [5.41, 5.74) is 2.47. The minimum atomic E-state index is -2.11. The van der Waals surface area contributed by atoms with Crippen molar-refractivity contribution in [3.63, 3.8) is 0 Å². The van der Waals surface area contributed by atoms with Gasteiger partial charge in [0.25, 0.3) is 0 Å². The SMILES string of the molecule is CN/C([S-])=N/N=C(/C(=N/N=C(\[S-])NCCOC[P+](c1ccccc1)(c1ccccc1)c1ccccc1)c1ccccc1)c1ccc(OC)cc1.[Cu+2]. The third-order valence-corrected chi connectivity index (χ3v) is 12.3. The van der Waals surface area contributed by atoms with Gasteiger partial charge in [-0.3, -0.25) is 0 Å². The zero-order valence-corrected chi connectivity index (χ0v) is 31.6. The van der Waals surface area contributed by atoms with Gasteiger partial charge in [-0.1, -0.05) is 84.9 Å². The minimum Gasteiger partial charge on any atom is -0.741 e. The molecule has 0 saturated carbocycles. The second kappa shape index (κ2) is 20.4. The summed E-state index contributed by atoms with van der Waals surface area (Å²) >= 11 is 10.8. The number of ether oxygens (including phenoxy) is 2. The molecule has 0 aliphatic heterocycles. The normalized spacial score (nSPS) is 12.5. The number of benzene rings is 5. The van der Waals surface area contributed by atoms with Crippen LogP contribution >= 0.6 is 7.26 Å². The summed E-state index contributed by atoms with van der Waals surface area (Å²) in [6, 6.07) is 49.0. The molecule has 0 saturated heterocycles. The Morgan fingerprint density at radius 1 is 0.588 bits per heavy atom. The molecule has 0 aromatic heterocycles. The summed E-state index contributed by atoms with van der Waals surface area (Å²) in [5, 5.41) is 27.9. The topological polar surface area (TPSA) is 92.0 Å². The molecule has 263 valence electrons. The maximum atomic E-state index is 6.48. The van der Waals surface area contributed by atoms with Crippen LogP contribution in [0.25, 0.3) is 0 Å². The molecule has 0 spiro atoms. The zero-order valence-electron chi connectivity index (χ0n) is 28.1. The van der Waals surface area contributed by atoms with E-state index in [1.54, 1.807) is 14.2 Å². The molecule has 8 nitrogen and oxygen atoms in total. The van der Waals surface area contributed by atoms with Gasteiger partial charge in [0.05, 0.1) is 13.7 Å². The first-order valence-corrected chi connectivity index (χ1v) is 18.7. The second-order valence-corrected chi connectivity index (χ2v) is 15.0. The van der Waals surface area contributed by atoms with E-state index in [1.807, 2.05) is 72.8 Å². The predicted molar refractivity (Wildman–Crippen MR) is 215 cm³/mol. The van der Waals surface area contributed by atoms with E-state index in [0.717, 1.165) is 11.1 Å². The predicted octanol–water partition coefficient (Wildman–Crippen LogP) is 5.38. The van der Waals surface area contributed by atoms with Crippen LogP contribution in [0, 0.1) is 0 Å². The Balaban J connectivity index is 0.00000583. The van der Waals surface area contributed by atoms with Crippen molar-refractivity contribution in [2.45, 2.75) is 0 Å². The molecule has 0 unspecified atom stereocenters. The first kappa shape index (κ1) is 39.3. The van der Waals surface area contributed by atoms with Gasteiger partial charge in [0.15, 0.2) is 6.35 Å². The first-order valence-electron chi connectivity index (χ1n) is 15.9. The van der Waals surface area contributed by atoms with Crippen molar-refractivity contribution < 1.29 is 26.5 Å². The summed E-state index contributed by atoms with van der Waals surface area (Å²) in [6.45, 7) is 0.861. The fraction of sp³-hybridized carbons (Fsp3) is 0.128. The second-order valence-electron chi connectivity index (χ2n) is 10.8. The molecular weight excluding hydrogens is 743 g/mol. The van der Waals surface area contributed by atoms with Crippen LogP contribution in [-0.4, -0.2) is 55.4 Å². The van der Waals surface area contributed by atoms with Crippen LogP contribution in [0.15, 0.2) is 166 Å². The van der Waals surface area contributed by atoms with E-state index in [-0.39, 0.29) is 27.4 Å². The first-order chi connectivity index (χ1) is 24.5. The van der Waals surface area contributed by atoms with Crippen LogP contribution in [0.5, 0.6) is 5.75 Å². The molecule has 2 N–H and O–H groups in total. The fourth-order valence-corrected chi connectivity index (χ4v) is 9.23. The van der Waals surface area contributed by atoms with Crippen molar-refractivity contribution in [2.75, 3.05) is 33.7 Å². The van der Waals surface area contributed by atoms with E-state index in [0.29, 0.717) is 36.7 Å². The van der Waals surface area contributed by atoms with Crippen molar-refractivity contribution in [3.05, 3.63) is 157 Å². The van der Waals surface area contributed by atoms with Crippen LogP contribution in [0.4, 0.5) is 0 Å². The minimum absolute atomic E-state index is 0. The third kappa shape index (κ3) is 10.5. The van der Waals surface area contributed by atoms with Gasteiger partial charge in [0.2, 0.25) is 0 Å². The number of hydrogen-bond donors (Lipinski definition) is 2. The standard InChI is InChI=1S/C39H39N6O2PS2.Cu/c1-40-38(49)44-42-37(31-23-25-32(46-2)26-24-31)36(30-15-7-3-8-16-30)43-45-39(50)41-27-28-47-29-48(33-17-9-4-10-18-33,34-19-11-5-12-20-34)35-21-13-6-14-22-35;/h3-26H,27-29H2,1-2H3,(H3-,40,41,42,43,44,45,49,50);/q;+2/p-1. The molecule has 5 rings (SSSR count). The maximum Gasteiger partial charge on any atom is 2.00 e. The summed E-state index contributed by atoms with van der Waals surface area (Å²) in [6.07, 6.45) is 0.534. The van der Waals surface area contributed by atoms with Crippen molar-refractivity contribution in [1.29, 1.82) is 0 Å². The number of methoxy groups -OCH3 is 1. The quantitative estimate of drug-likeness (QED) is 0.0299. The molecule has 0 aliphatic rings. The van der Waals surface area contributed by atoms with Gasteiger partial charge < -0.3 is 45.4 Å². The van der Waals surface area contributed by atoms with Crippen LogP contribution in [-0.2, 0) is 47.1 Å². The van der Waals surface area contributed by atoms with Gasteiger partial charge in [0, 0.05) is 24.7 Å². The van der Waals surface area contributed by atoms with E-state index in [1.165, 1.54) is 15.9 Å². The van der Waals surface area contributed by atoms with Crippen LogP contribution in [0.2, 0.25) is 0 Å². The molecule has 51 heavy (non-hydrogen) atoms. The summed E-state index contributed by atoms with van der Waals surface area (Å²) in [4.78, 5) is 0. The van der Waals surface area contributed by atoms with Gasteiger partial charge in [-0.05, 0) is 71.0 Å². The Bertz CT molecular complexity index is 1820. The molecule has 0 amide bonds. The monoisotopic (exact) mass is 780 g/mol. The molecular formula is C39H38CuN6O2PS2+. The van der Waals surface area contributed by atoms with Crippen molar-refractivity contribution in [2.24, 2.45) is 20.4 Å². The van der Waals surface area contributed by atoms with E-state index < -0.39 is 7.26 Å². The van der Waals surface area contributed by atoms with E-state index in [2.05, 4.69) is 104 Å². The average molecular weight is 781 g/mol. The number of amidine groups is 2. The molecule has 0 fully saturated rings. The maximum absolute atomic E-state index is 6.48. The third-order valence-electron chi connectivity index (χ3n) is 7.73. The zero-order chi connectivity index (χ0) is 35.0. The Labute approximate surface area is 322 Å². The Kier molecular flexibility index (Phi) is 15.7. The number of nitrogens with zero attached hydrogens (tertiary/aromatic N) is 4. The van der Waals surface area contributed by atoms with E-state index in [9.17, 15) is 0 Å². The van der Waals surface area contributed by atoms with Crippen LogP contribution in [0.1, 0.15) is 11.1 Å². The molecule has 0 aliphatic carbocycles. The van der Waals surface area contributed by atoms with E-state index >= 15 is 0 Å². The van der Waals surface area contributed by atoms with Crippen molar-refractivity contribution >= 4 is 70.2 Å². The summed E-state index contributed by atoms with van der Waals surface area (Å²) < 4.78 is 11.8.